The van der Waals surface area contributed by atoms with Gasteiger partial charge in [0, 0.05) is 11.1 Å². The van der Waals surface area contributed by atoms with Gasteiger partial charge >= 0.3 is 0 Å². The summed E-state index contributed by atoms with van der Waals surface area (Å²) in [7, 11) is 0. The molecule has 5 nitrogen and oxygen atoms in total. The van der Waals surface area contributed by atoms with E-state index in [2.05, 4.69) is 0 Å². The zero-order valence-electron chi connectivity index (χ0n) is 13.9. The van der Waals surface area contributed by atoms with Crippen LogP contribution in [0.2, 0.25) is 0 Å². The standard InChI is InChI=1S/C19H20FNO4/c1-2-25-16-9-5-14(6-10-16)18(22)11-17(19(23)24)21-12-13-3-7-15(20)8-4-13/h3-10,17,21H,2,11-12H2,1H3,(H,23,24)/t17-/m1/s1. The second-order valence-electron chi connectivity index (χ2n) is 5.58. The Hall–Kier alpha value is -2.73. The molecule has 0 saturated carbocycles. The molecule has 132 valence electrons. The van der Waals surface area contributed by atoms with E-state index in [9.17, 15) is 19.1 Å². The summed E-state index contributed by atoms with van der Waals surface area (Å²) in [5.41, 5.74) is 1.19. The van der Waals surface area contributed by atoms with Crippen LogP contribution in [0.4, 0.5) is 4.39 Å². The Morgan fingerprint density at radius 1 is 1.12 bits per heavy atom. The highest BCUT2D eigenvalue weighted by atomic mass is 19.1. The Bertz CT molecular complexity index is 713. The number of hydrogen-bond donors (Lipinski definition) is 1. The minimum absolute atomic E-state index is 0.183. The fourth-order valence-corrected chi connectivity index (χ4v) is 2.38. The van der Waals surface area contributed by atoms with Crippen molar-refractivity contribution in [3.63, 3.8) is 0 Å². The maximum absolute atomic E-state index is 12.9. The molecule has 0 fully saturated rings. The molecule has 2 aromatic carbocycles. The van der Waals surface area contributed by atoms with Crippen LogP contribution in [0, 0.1) is 5.82 Å². The molecule has 0 aliphatic rings. The van der Waals surface area contributed by atoms with Crippen LogP contribution in [-0.2, 0) is 11.3 Å². The molecular weight excluding hydrogens is 325 g/mol. The summed E-state index contributed by atoms with van der Waals surface area (Å²) in [5.74, 6) is -1.29. The van der Waals surface area contributed by atoms with E-state index in [0.29, 0.717) is 24.5 Å². The van der Waals surface area contributed by atoms with Gasteiger partial charge in [-0.25, -0.2) is 4.39 Å². The Balaban J connectivity index is 1.96. The summed E-state index contributed by atoms with van der Waals surface area (Å²) < 4.78 is 18.2. The van der Waals surface area contributed by atoms with Gasteiger partial charge in [-0.05, 0) is 43.3 Å². The van der Waals surface area contributed by atoms with Crippen molar-refractivity contribution >= 4 is 11.8 Å². The van der Waals surface area contributed by atoms with Crippen LogP contribution < -0.4 is 15.2 Å². The Morgan fingerprint density at radius 2 is 1.76 bits per heavy atom. The van der Waals surface area contributed by atoms with E-state index >= 15 is 0 Å². The lowest BCUT2D eigenvalue weighted by atomic mass is 10.0. The van der Waals surface area contributed by atoms with E-state index < -0.39 is 12.0 Å². The lowest BCUT2D eigenvalue weighted by Gasteiger charge is -2.16. The fourth-order valence-electron chi connectivity index (χ4n) is 2.38. The number of carboxylic acids is 1. The monoisotopic (exact) mass is 345 g/mol. The molecule has 0 unspecified atom stereocenters. The quantitative estimate of drug-likeness (QED) is 0.678. The van der Waals surface area contributed by atoms with E-state index in [1.807, 2.05) is 6.92 Å². The van der Waals surface area contributed by atoms with Crippen LogP contribution in [0.25, 0.3) is 0 Å². The summed E-state index contributed by atoms with van der Waals surface area (Å²) >= 11 is 0. The molecule has 0 heterocycles. The lowest BCUT2D eigenvalue weighted by Crippen LogP contribution is -2.92. The van der Waals surface area contributed by atoms with Crippen molar-refractivity contribution in [1.82, 2.24) is 0 Å². The molecule has 0 spiro atoms. The number of ether oxygens (including phenoxy) is 1. The third kappa shape index (κ3) is 5.69. The third-order valence-corrected chi connectivity index (χ3v) is 3.75. The molecule has 0 aromatic heterocycles. The van der Waals surface area contributed by atoms with Gasteiger partial charge in [0.1, 0.15) is 24.2 Å². The van der Waals surface area contributed by atoms with Gasteiger partial charge in [0.25, 0.3) is 0 Å². The van der Waals surface area contributed by atoms with Crippen LogP contribution in [0.5, 0.6) is 5.75 Å². The Labute approximate surface area is 145 Å². The summed E-state index contributed by atoms with van der Waals surface area (Å²) in [6.45, 7) is 2.70. The number of benzene rings is 2. The van der Waals surface area contributed by atoms with Gasteiger partial charge in [-0.15, -0.1) is 0 Å². The highest BCUT2D eigenvalue weighted by Crippen LogP contribution is 2.13. The molecule has 0 amide bonds. The zero-order chi connectivity index (χ0) is 18.2. The minimum atomic E-state index is -1.30. The lowest BCUT2D eigenvalue weighted by molar-refractivity contribution is -0.697. The molecule has 1 atom stereocenters. The number of Topliss-reactive ketones (excluding diaryl/α,β-unsaturated/α-hetero) is 1. The summed E-state index contributed by atoms with van der Waals surface area (Å²) in [6, 6.07) is 11.3. The number of nitrogens with two attached hydrogens (primary N) is 1. The normalized spacial score (nSPS) is 11.8. The average Bonchev–Trinajstić information content (AvgIpc) is 2.60. The molecule has 25 heavy (non-hydrogen) atoms. The minimum Gasteiger partial charge on any atom is -0.544 e. The first-order valence-corrected chi connectivity index (χ1v) is 8.04. The average molecular weight is 345 g/mol. The number of rotatable bonds is 9. The van der Waals surface area contributed by atoms with Crippen LogP contribution in [0.1, 0.15) is 29.3 Å². The van der Waals surface area contributed by atoms with E-state index in [-0.39, 0.29) is 18.0 Å². The van der Waals surface area contributed by atoms with Crippen LogP contribution in [-0.4, -0.2) is 24.4 Å². The van der Waals surface area contributed by atoms with Crippen molar-refractivity contribution in [1.29, 1.82) is 0 Å². The summed E-state index contributed by atoms with van der Waals surface area (Å²) in [5, 5.41) is 12.8. The van der Waals surface area contributed by atoms with E-state index in [0.717, 1.165) is 5.56 Å². The SMILES string of the molecule is CCOc1ccc(C(=O)C[C@@H]([NH2+]Cc2ccc(F)cc2)C(=O)[O-])cc1. The number of aliphatic carboxylic acids is 1. The molecule has 0 bridgehead atoms. The van der Waals surface area contributed by atoms with Gasteiger partial charge in [0.2, 0.25) is 0 Å². The number of quaternary nitrogens is 1. The van der Waals surface area contributed by atoms with E-state index in [1.54, 1.807) is 36.4 Å². The molecular formula is C19H20FNO4. The van der Waals surface area contributed by atoms with Crippen molar-refractivity contribution in [2.45, 2.75) is 25.9 Å². The Morgan fingerprint density at radius 3 is 2.32 bits per heavy atom. The topological polar surface area (TPSA) is 83.0 Å². The molecule has 2 N–H and O–H groups in total. The molecule has 0 aliphatic heterocycles. The van der Waals surface area contributed by atoms with Gasteiger partial charge < -0.3 is 20.0 Å². The number of halogens is 1. The van der Waals surface area contributed by atoms with Gasteiger partial charge in [-0.1, -0.05) is 12.1 Å². The van der Waals surface area contributed by atoms with E-state index in [1.165, 1.54) is 17.4 Å². The summed E-state index contributed by atoms with van der Waals surface area (Å²) in [6.07, 6.45) is -0.183. The molecule has 2 aromatic rings. The molecule has 6 heteroatoms. The largest absolute Gasteiger partial charge is 0.544 e. The fraction of sp³-hybridized carbons (Fsp3) is 0.263. The van der Waals surface area contributed by atoms with Crippen LogP contribution in [0.3, 0.4) is 0 Å². The number of carbonyl (C=O) groups excluding carboxylic acids is 2. The van der Waals surface area contributed by atoms with Crippen molar-refractivity contribution in [3.8, 4) is 5.75 Å². The third-order valence-electron chi connectivity index (χ3n) is 3.75. The van der Waals surface area contributed by atoms with Crippen molar-refractivity contribution < 1.29 is 29.1 Å². The van der Waals surface area contributed by atoms with Gasteiger partial charge in [0.05, 0.1) is 19.0 Å². The maximum Gasteiger partial charge on any atom is 0.169 e. The van der Waals surface area contributed by atoms with Crippen molar-refractivity contribution in [2.75, 3.05) is 6.61 Å². The number of carboxylic acid groups (broad SMARTS) is 1. The van der Waals surface area contributed by atoms with Gasteiger partial charge in [0.15, 0.2) is 5.78 Å². The van der Waals surface area contributed by atoms with Gasteiger partial charge in [-0.3, -0.25) is 4.79 Å². The second-order valence-corrected chi connectivity index (χ2v) is 5.58. The number of ketones is 1. The molecule has 2 rings (SSSR count). The van der Waals surface area contributed by atoms with Crippen molar-refractivity contribution in [3.05, 3.63) is 65.5 Å². The van der Waals surface area contributed by atoms with Crippen LogP contribution >= 0.6 is 0 Å². The number of hydrogen-bond acceptors (Lipinski definition) is 4. The summed E-state index contributed by atoms with van der Waals surface area (Å²) in [4.78, 5) is 23.6. The van der Waals surface area contributed by atoms with Gasteiger partial charge in [-0.2, -0.15) is 0 Å². The number of carbonyl (C=O) groups is 2. The van der Waals surface area contributed by atoms with Crippen molar-refractivity contribution in [2.24, 2.45) is 0 Å². The molecule has 0 aliphatic carbocycles. The smallest absolute Gasteiger partial charge is 0.169 e. The van der Waals surface area contributed by atoms with E-state index in [4.69, 9.17) is 4.74 Å². The zero-order valence-corrected chi connectivity index (χ0v) is 13.9. The first-order valence-electron chi connectivity index (χ1n) is 8.04. The highest BCUT2D eigenvalue weighted by molar-refractivity contribution is 5.98. The predicted molar refractivity (Wildman–Crippen MR) is 87.4 cm³/mol. The first-order chi connectivity index (χ1) is 12.0. The first kappa shape index (κ1) is 18.6. The highest BCUT2D eigenvalue weighted by Gasteiger charge is 2.19. The molecule has 0 saturated heterocycles. The maximum atomic E-state index is 12.9. The van der Waals surface area contributed by atoms with Crippen LogP contribution in [0.15, 0.2) is 48.5 Å². The predicted octanol–water partition coefficient (Wildman–Crippen LogP) is 0.679. The Kier molecular flexibility index (Phi) is 6.65. The second kappa shape index (κ2) is 8.94. The molecule has 0 radical (unpaired) electrons.